The van der Waals surface area contributed by atoms with Gasteiger partial charge in [-0.15, -0.1) is 22.7 Å². The molecule has 5 heteroatoms. The second-order valence-corrected chi connectivity index (χ2v) is 10.4. The van der Waals surface area contributed by atoms with E-state index in [1.807, 2.05) is 22.7 Å². The molecule has 0 aliphatic carbocycles. The van der Waals surface area contributed by atoms with Crippen molar-refractivity contribution in [1.82, 2.24) is 8.75 Å². The summed E-state index contributed by atoms with van der Waals surface area (Å²) in [5.41, 5.74) is 5.13. The molecule has 0 saturated carbocycles. The molecule has 0 N–H and O–H groups in total. The van der Waals surface area contributed by atoms with Gasteiger partial charge in [-0.25, -0.2) is 0 Å². The summed E-state index contributed by atoms with van der Waals surface area (Å²) in [4.78, 5) is 3.01. The quantitative estimate of drug-likeness (QED) is 0.358. The second-order valence-electron chi connectivity index (χ2n) is 7.81. The highest BCUT2D eigenvalue weighted by atomic mass is 32.1. The topological polar surface area (TPSA) is 25.8 Å². The first kappa shape index (κ1) is 17.4. The highest BCUT2D eigenvalue weighted by molar-refractivity contribution is 7.28. The van der Waals surface area contributed by atoms with Crippen LogP contribution in [0.15, 0.2) is 0 Å². The Morgan fingerprint density at radius 2 is 1.20 bits per heavy atom. The molecule has 0 bridgehead atoms. The fourth-order valence-corrected chi connectivity index (χ4v) is 7.38. The van der Waals surface area contributed by atoms with Crippen LogP contribution in [0.25, 0.3) is 31.2 Å². The molecule has 3 aromatic heterocycles. The average molecular weight is 389 g/mol. The van der Waals surface area contributed by atoms with Gasteiger partial charge in [0.15, 0.2) is 0 Å². The van der Waals surface area contributed by atoms with E-state index in [-0.39, 0.29) is 0 Å². The Kier molecular flexibility index (Phi) is 4.17. The van der Waals surface area contributed by atoms with Crippen LogP contribution in [-0.4, -0.2) is 8.75 Å². The Balaban J connectivity index is 2.30. The van der Waals surface area contributed by atoms with Crippen LogP contribution in [0.3, 0.4) is 0 Å². The van der Waals surface area contributed by atoms with Gasteiger partial charge in [0.05, 0.1) is 21.1 Å². The van der Waals surface area contributed by atoms with Crippen LogP contribution in [0.1, 0.15) is 80.2 Å². The van der Waals surface area contributed by atoms with Gasteiger partial charge in [-0.1, -0.05) is 41.5 Å². The van der Waals surface area contributed by atoms with E-state index < -0.39 is 0 Å². The second kappa shape index (κ2) is 6.00. The number of fused-ring (bicyclic) bond motifs is 6. The molecular weight excluding hydrogens is 364 g/mol. The lowest BCUT2D eigenvalue weighted by Gasteiger charge is -2.10. The van der Waals surface area contributed by atoms with Crippen LogP contribution in [0.2, 0.25) is 0 Å². The van der Waals surface area contributed by atoms with Crippen molar-refractivity contribution in [1.29, 1.82) is 0 Å². The SMILES string of the molecule is Cc1c(C(C)C)sc2c3sc(C(C)C)c(C(C)C)c3c3nsnc3c12. The molecule has 2 nitrogen and oxygen atoms in total. The maximum atomic E-state index is 4.75. The van der Waals surface area contributed by atoms with E-state index in [1.165, 1.54) is 52.8 Å². The minimum atomic E-state index is 0.499. The summed E-state index contributed by atoms with van der Waals surface area (Å²) in [5.74, 6) is 1.58. The normalized spacial score (nSPS) is 12.9. The van der Waals surface area contributed by atoms with Gasteiger partial charge in [0.2, 0.25) is 0 Å². The lowest BCUT2D eigenvalue weighted by atomic mass is 9.94. The minimum Gasteiger partial charge on any atom is -0.172 e. The van der Waals surface area contributed by atoms with Gasteiger partial charge < -0.3 is 0 Å². The molecule has 0 aliphatic rings. The predicted octanol–water partition coefficient (Wildman–Crippen LogP) is 7.80. The van der Waals surface area contributed by atoms with Crippen LogP contribution in [0.5, 0.6) is 0 Å². The highest BCUT2D eigenvalue weighted by Crippen LogP contribution is 2.50. The van der Waals surface area contributed by atoms with Gasteiger partial charge >= 0.3 is 0 Å². The summed E-state index contributed by atoms with van der Waals surface area (Å²) in [5, 5.41) is 2.72. The highest BCUT2D eigenvalue weighted by Gasteiger charge is 2.26. The molecule has 0 aliphatic heterocycles. The molecule has 4 aromatic rings. The summed E-state index contributed by atoms with van der Waals surface area (Å²) in [6, 6.07) is 0. The van der Waals surface area contributed by atoms with Gasteiger partial charge in [-0.2, -0.15) is 8.75 Å². The van der Waals surface area contributed by atoms with E-state index in [1.54, 1.807) is 0 Å². The number of aromatic nitrogens is 2. The third kappa shape index (κ3) is 2.39. The molecule has 25 heavy (non-hydrogen) atoms. The van der Waals surface area contributed by atoms with E-state index in [2.05, 4.69) is 48.5 Å². The Bertz CT molecular complexity index is 1090. The van der Waals surface area contributed by atoms with Crippen LogP contribution in [0, 0.1) is 6.92 Å². The van der Waals surface area contributed by atoms with Crippen LogP contribution >= 0.6 is 34.4 Å². The van der Waals surface area contributed by atoms with Gasteiger partial charge in [0, 0.05) is 20.5 Å². The maximum absolute atomic E-state index is 4.75. The zero-order chi connectivity index (χ0) is 18.0. The summed E-state index contributed by atoms with van der Waals surface area (Å²) < 4.78 is 12.3. The first-order chi connectivity index (χ1) is 11.8. The number of benzene rings is 1. The van der Waals surface area contributed by atoms with E-state index in [0.29, 0.717) is 17.8 Å². The summed E-state index contributed by atoms with van der Waals surface area (Å²) in [7, 11) is 0. The van der Waals surface area contributed by atoms with Gasteiger partial charge in [-0.3, -0.25) is 0 Å². The maximum Gasteiger partial charge on any atom is 0.114 e. The Labute approximate surface area is 161 Å². The Morgan fingerprint density at radius 1 is 0.680 bits per heavy atom. The molecule has 0 atom stereocenters. The number of rotatable bonds is 3. The van der Waals surface area contributed by atoms with Gasteiger partial charge in [-0.05, 0) is 35.8 Å². The number of hydrogen-bond donors (Lipinski definition) is 0. The predicted molar refractivity (Wildman–Crippen MR) is 115 cm³/mol. The van der Waals surface area contributed by atoms with Crippen molar-refractivity contribution in [2.24, 2.45) is 0 Å². The fourth-order valence-electron chi connectivity index (χ4n) is 3.90. The molecule has 0 fully saturated rings. The lowest BCUT2D eigenvalue weighted by molar-refractivity contribution is 0.816. The van der Waals surface area contributed by atoms with E-state index in [4.69, 9.17) is 8.75 Å². The number of hydrogen-bond acceptors (Lipinski definition) is 5. The molecular formula is C20H24N2S3. The standard InChI is InChI=1S/C20H24N2S3/c1-8(2)12-14-16-15(21-25-22-16)13-11(7)17(9(3)4)23-19(13)20(14)24-18(12)10(5)6/h8-10H,1-7H3. The molecule has 0 radical (unpaired) electrons. The van der Waals surface area contributed by atoms with Crippen molar-refractivity contribution in [3.63, 3.8) is 0 Å². The van der Waals surface area contributed by atoms with E-state index in [0.717, 1.165) is 11.0 Å². The molecule has 0 spiro atoms. The molecule has 3 heterocycles. The molecule has 0 unspecified atom stereocenters. The third-order valence-electron chi connectivity index (χ3n) is 4.95. The average Bonchev–Trinajstić information content (AvgIpc) is 3.19. The molecule has 132 valence electrons. The van der Waals surface area contributed by atoms with Crippen molar-refractivity contribution in [3.05, 3.63) is 20.9 Å². The zero-order valence-corrected chi connectivity index (χ0v) is 18.3. The van der Waals surface area contributed by atoms with Crippen molar-refractivity contribution >= 4 is 65.6 Å². The fraction of sp³-hybridized carbons (Fsp3) is 0.500. The summed E-state index contributed by atoms with van der Waals surface area (Å²) in [6.45, 7) is 16.1. The monoisotopic (exact) mass is 388 g/mol. The molecule has 0 amide bonds. The van der Waals surface area contributed by atoms with Gasteiger partial charge in [0.1, 0.15) is 11.0 Å². The summed E-state index contributed by atoms with van der Waals surface area (Å²) >= 11 is 5.32. The summed E-state index contributed by atoms with van der Waals surface area (Å²) in [6.07, 6.45) is 0. The van der Waals surface area contributed by atoms with Crippen LogP contribution < -0.4 is 0 Å². The van der Waals surface area contributed by atoms with Crippen molar-refractivity contribution < 1.29 is 0 Å². The molecule has 0 saturated heterocycles. The van der Waals surface area contributed by atoms with Crippen LogP contribution in [0.4, 0.5) is 0 Å². The van der Waals surface area contributed by atoms with E-state index >= 15 is 0 Å². The largest absolute Gasteiger partial charge is 0.172 e. The van der Waals surface area contributed by atoms with Crippen LogP contribution in [-0.2, 0) is 0 Å². The third-order valence-corrected chi connectivity index (χ3v) is 8.74. The Hall–Kier alpha value is -1.04. The molecule has 4 rings (SSSR count). The Morgan fingerprint density at radius 3 is 1.76 bits per heavy atom. The molecule has 1 aromatic carbocycles. The van der Waals surface area contributed by atoms with Crippen molar-refractivity contribution in [2.45, 2.75) is 66.2 Å². The number of nitrogens with zero attached hydrogens (tertiary/aromatic N) is 2. The van der Waals surface area contributed by atoms with Crippen molar-refractivity contribution in [2.75, 3.05) is 0 Å². The number of thiophene rings is 2. The number of aryl methyl sites for hydroxylation is 1. The van der Waals surface area contributed by atoms with Crippen molar-refractivity contribution in [3.8, 4) is 0 Å². The first-order valence-electron chi connectivity index (χ1n) is 8.96. The van der Waals surface area contributed by atoms with E-state index in [9.17, 15) is 0 Å². The smallest absolute Gasteiger partial charge is 0.114 e. The lowest BCUT2D eigenvalue weighted by Crippen LogP contribution is -1.94. The minimum absolute atomic E-state index is 0.499. The first-order valence-corrected chi connectivity index (χ1v) is 11.3. The van der Waals surface area contributed by atoms with Gasteiger partial charge in [0.25, 0.3) is 0 Å². The zero-order valence-electron chi connectivity index (χ0n) is 15.9.